The molecule has 0 aliphatic carbocycles. The van der Waals surface area contributed by atoms with Crippen molar-refractivity contribution in [2.24, 2.45) is 0 Å². The fourth-order valence-electron chi connectivity index (χ4n) is 1.67. The number of ether oxygens (including phenoxy) is 1. The van der Waals surface area contributed by atoms with E-state index >= 15 is 0 Å². The van der Waals surface area contributed by atoms with Gasteiger partial charge in [0.25, 0.3) is 0 Å². The van der Waals surface area contributed by atoms with Gasteiger partial charge in [-0.1, -0.05) is 6.07 Å². The molecule has 1 aromatic rings. The second-order valence-electron chi connectivity index (χ2n) is 3.55. The van der Waals surface area contributed by atoms with Gasteiger partial charge in [-0.3, -0.25) is 10.1 Å². The number of nitro benzene ring substituents is 1. The van der Waals surface area contributed by atoms with Crippen LogP contribution in [0.2, 0.25) is 0 Å². The lowest BCUT2D eigenvalue weighted by Gasteiger charge is -2.23. The van der Waals surface area contributed by atoms with Crippen molar-refractivity contribution in [1.82, 2.24) is 5.32 Å². The zero-order valence-corrected chi connectivity index (χ0v) is 8.48. The number of morpholine rings is 1. The van der Waals surface area contributed by atoms with Crippen molar-refractivity contribution in [3.05, 3.63) is 39.7 Å². The van der Waals surface area contributed by atoms with Crippen LogP contribution in [0.4, 0.5) is 10.1 Å². The van der Waals surface area contributed by atoms with Crippen LogP contribution in [0.15, 0.2) is 18.2 Å². The van der Waals surface area contributed by atoms with E-state index in [2.05, 4.69) is 5.32 Å². The molecule has 1 fully saturated rings. The first-order valence-corrected chi connectivity index (χ1v) is 4.93. The molecule has 2 rings (SSSR count). The number of rotatable bonds is 2. The minimum Gasteiger partial charge on any atom is -0.378 e. The van der Waals surface area contributed by atoms with Crippen LogP contribution in [-0.2, 0) is 4.74 Å². The van der Waals surface area contributed by atoms with Crippen molar-refractivity contribution >= 4 is 5.69 Å². The summed E-state index contributed by atoms with van der Waals surface area (Å²) in [6.45, 7) is 1.76. The Balaban J connectivity index is 2.27. The van der Waals surface area contributed by atoms with Crippen LogP contribution in [-0.4, -0.2) is 24.7 Å². The molecule has 6 heteroatoms. The predicted octanol–water partition coefficient (Wildman–Crippen LogP) is 1.39. The molecule has 1 heterocycles. The molecular weight excluding hydrogens is 215 g/mol. The maximum Gasteiger partial charge on any atom is 0.305 e. The molecule has 0 aromatic heterocycles. The fraction of sp³-hybridized carbons (Fsp3) is 0.400. The second-order valence-corrected chi connectivity index (χ2v) is 3.55. The molecule has 5 nitrogen and oxygen atoms in total. The van der Waals surface area contributed by atoms with Crippen molar-refractivity contribution in [1.29, 1.82) is 0 Å². The third kappa shape index (κ3) is 2.17. The maximum atomic E-state index is 13.1. The summed E-state index contributed by atoms with van der Waals surface area (Å²) in [6, 6.07) is 3.80. The number of hydrogen-bond acceptors (Lipinski definition) is 4. The number of nitro groups is 1. The van der Waals surface area contributed by atoms with Crippen LogP contribution < -0.4 is 5.32 Å². The molecule has 16 heavy (non-hydrogen) atoms. The summed E-state index contributed by atoms with van der Waals surface area (Å²) in [7, 11) is 0. The lowest BCUT2D eigenvalue weighted by Crippen LogP contribution is -2.34. The lowest BCUT2D eigenvalue weighted by atomic mass is 10.1. The topological polar surface area (TPSA) is 64.4 Å². The lowest BCUT2D eigenvalue weighted by molar-refractivity contribution is -0.387. The Hall–Kier alpha value is -1.53. The van der Waals surface area contributed by atoms with Gasteiger partial charge in [0.2, 0.25) is 5.82 Å². The zero-order chi connectivity index (χ0) is 11.5. The average molecular weight is 226 g/mol. The second kappa shape index (κ2) is 4.54. The Bertz CT molecular complexity index is 405. The van der Waals surface area contributed by atoms with Gasteiger partial charge in [-0.15, -0.1) is 0 Å². The van der Waals surface area contributed by atoms with Crippen LogP contribution in [0, 0.1) is 15.9 Å². The fourth-order valence-corrected chi connectivity index (χ4v) is 1.67. The molecular formula is C10H11FN2O3. The van der Waals surface area contributed by atoms with Gasteiger partial charge in [0, 0.05) is 12.6 Å². The van der Waals surface area contributed by atoms with E-state index in [0.717, 1.165) is 6.07 Å². The molecule has 0 bridgehead atoms. The van der Waals surface area contributed by atoms with E-state index < -0.39 is 16.4 Å². The molecule has 1 atom stereocenters. The summed E-state index contributed by atoms with van der Waals surface area (Å²) >= 11 is 0. The van der Waals surface area contributed by atoms with Gasteiger partial charge in [-0.2, -0.15) is 4.39 Å². The molecule has 0 radical (unpaired) electrons. The molecule has 0 unspecified atom stereocenters. The van der Waals surface area contributed by atoms with E-state index in [1.165, 1.54) is 12.1 Å². The SMILES string of the molecule is O=[N+]([O-])c1cc([C@H]2COCCN2)ccc1F. The molecule has 86 valence electrons. The molecule has 0 saturated carbocycles. The zero-order valence-electron chi connectivity index (χ0n) is 8.48. The van der Waals surface area contributed by atoms with Gasteiger partial charge in [0.05, 0.1) is 24.2 Å². The molecule has 0 amide bonds. The number of halogens is 1. The first-order valence-electron chi connectivity index (χ1n) is 4.93. The molecule has 1 saturated heterocycles. The largest absolute Gasteiger partial charge is 0.378 e. The highest BCUT2D eigenvalue weighted by atomic mass is 19.1. The Morgan fingerprint density at radius 3 is 3.00 bits per heavy atom. The van der Waals surface area contributed by atoms with Gasteiger partial charge in [-0.05, 0) is 11.6 Å². The van der Waals surface area contributed by atoms with Crippen molar-refractivity contribution < 1.29 is 14.1 Å². The minimum absolute atomic E-state index is 0.104. The highest BCUT2D eigenvalue weighted by Gasteiger charge is 2.20. The average Bonchev–Trinajstić information content (AvgIpc) is 2.30. The monoisotopic (exact) mass is 226 g/mol. The normalized spacial score (nSPS) is 20.7. The number of nitrogens with zero attached hydrogens (tertiary/aromatic N) is 1. The van der Waals surface area contributed by atoms with Crippen LogP contribution in [0.1, 0.15) is 11.6 Å². The number of hydrogen-bond donors (Lipinski definition) is 1. The first-order chi connectivity index (χ1) is 7.68. The van der Waals surface area contributed by atoms with Crippen molar-refractivity contribution in [2.75, 3.05) is 19.8 Å². The summed E-state index contributed by atoms with van der Waals surface area (Å²) in [5, 5.41) is 13.7. The summed E-state index contributed by atoms with van der Waals surface area (Å²) in [6.07, 6.45) is 0. The third-order valence-electron chi connectivity index (χ3n) is 2.49. The Morgan fingerprint density at radius 1 is 1.56 bits per heavy atom. The predicted molar refractivity (Wildman–Crippen MR) is 54.6 cm³/mol. The smallest absolute Gasteiger partial charge is 0.305 e. The van der Waals surface area contributed by atoms with Crippen LogP contribution >= 0.6 is 0 Å². The van der Waals surface area contributed by atoms with E-state index in [4.69, 9.17) is 4.74 Å². The van der Waals surface area contributed by atoms with Crippen LogP contribution in [0.25, 0.3) is 0 Å². The van der Waals surface area contributed by atoms with Gasteiger partial charge in [-0.25, -0.2) is 0 Å². The Labute approximate surface area is 91.4 Å². The van der Waals surface area contributed by atoms with Crippen molar-refractivity contribution in [3.8, 4) is 0 Å². The van der Waals surface area contributed by atoms with E-state index in [9.17, 15) is 14.5 Å². The Kier molecular flexibility index (Phi) is 3.12. The summed E-state index contributed by atoms with van der Waals surface area (Å²) in [5.41, 5.74) is 0.178. The molecule has 1 aromatic carbocycles. The molecule has 1 N–H and O–H groups in total. The molecule has 1 aliphatic rings. The van der Waals surface area contributed by atoms with Gasteiger partial charge in [0.1, 0.15) is 0 Å². The molecule has 1 aliphatic heterocycles. The van der Waals surface area contributed by atoms with E-state index in [1.807, 2.05) is 0 Å². The summed E-state index contributed by atoms with van der Waals surface area (Å²) in [5.74, 6) is -0.814. The van der Waals surface area contributed by atoms with Crippen LogP contribution in [0.5, 0.6) is 0 Å². The number of benzene rings is 1. The van der Waals surface area contributed by atoms with Crippen molar-refractivity contribution in [3.63, 3.8) is 0 Å². The van der Waals surface area contributed by atoms with Gasteiger partial charge < -0.3 is 10.1 Å². The third-order valence-corrected chi connectivity index (χ3v) is 2.49. The Morgan fingerprint density at radius 2 is 2.38 bits per heavy atom. The van der Waals surface area contributed by atoms with Gasteiger partial charge in [0.15, 0.2) is 0 Å². The standard InChI is InChI=1S/C10H11FN2O3/c11-8-2-1-7(5-10(8)13(14)15)9-6-16-4-3-12-9/h1-2,5,9,12H,3-4,6H2/t9-/m1/s1. The van der Waals surface area contributed by atoms with E-state index in [-0.39, 0.29) is 6.04 Å². The first kappa shape index (κ1) is 11.0. The van der Waals surface area contributed by atoms with Crippen LogP contribution in [0.3, 0.4) is 0 Å². The quantitative estimate of drug-likeness (QED) is 0.611. The van der Waals surface area contributed by atoms with E-state index in [0.29, 0.717) is 25.3 Å². The maximum absolute atomic E-state index is 13.1. The van der Waals surface area contributed by atoms with Gasteiger partial charge >= 0.3 is 5.69 Å². The minimum atomic E-state index is -0.814. The van der Waals surface area contributed by atoms with Crippen molar-refractivity contribution in [2.45, 2.75) is 6.04 Å². The highest BCUT2D eigenvalue weighted by Crippen LogP contribution is 2.23. The van der Waals surface area contributed by atoms with E-state index in [1.54, 1.807) is 0 Å². The summed E-state index contributed by atoms with van der Waals surface area (Å²) < 4.78 is 18.3. The summed E-state index contributed by atoms with van der Waals surface area (Å²) in [4.78, 5) is 9.85. The molecule has 0 spiro atoms. The highest BCUT2D eigenvalue weighted by molar-refractivity contribution is 5.37. The number of nitrogens with one attached hydrogen (secondary N) is 1.